The van der Waals surface area contributed by atoms with Gasteiger partial charge in [0, 0.05) is 0 Å². The number of nitrogens with one attached hydrogen (secondary N) is 1. The smallest absolute Gasteiger partial charge is 0.310 e. The summed E-state index contributed by atoms with van der Waals surface area (Å²) in [6.07, 6.45) is 5.77. The minimum atomic E-state index is -0.292. The molecule has 150 valence electrons. The Balaban J connectivity index is 1.07. The van der Waals surface area contributed by atoms with Gasteiger partial charge >= 0.3 is 5.97 Å². The molecule has 6 heteroatoms. The summed E-state index contributed by atoms with van der Waals surface area (Å²) in [5, 5.41) is 2.78. The lowest BCUT2D eigenvalue weighted by Gasteiger charge is -2.53. The molecule has 0 saturated heterocycles. The molecule has 1 aromatic rings. The van der Waals surface area contributed by atoms with Gasteiger partial charge in [0.15, 0.2) is 18.1 Å². The first kappa shape index (κ1) is 17.8. The zero-order valence-corrected chi connectivity index (χ0v) is 16.0. The highest BCUT2D eigenvalue weighted by molar-refractivity contribution is 5.81. The predicted octanol–water partition coefficient (Wildman–Crippen LogP) is 2.56. The van der Waals surface area contributed by atoms with Crippen LogP contribution in [0.5, 0.6) is 11.5 Å². The summed E-state index contributed by atoms with van der Waals surface area (Å²) in [5.74, 6) is 3.52. The van der Waals surface area contributed by atoms with E-state index in [9.17, 15) is 9.59 Å². The third-order valence-electron chi connectivity index (χ3n) is 6.94. The molecule has 1 aromatic carbocycles. The van der Waals surface area contributed by atoms with Gasteiger partial charge in [-0.05, 0) is 67.9 Å². The lowest BCUT2D eigenvalue weighted by Crippen LogP contribution is -2.49. The van der Waals surface area contributed by atoms with Crippen molar-refractivity contribution < 1.29 is 23.8 Å². The summed E-state index contributed by atoms with van der Waals surface area (Å²) in [6, 6.07) is 7.47. The fourth-order valence-corrected chi connectivity index (χ4v) is 5.99. The average Bonchev–Trinajstić information content (AvgIpc) is 2.69. The number of ether oxygens (including phenoxy) is 3. The van der Waals surface area contributed by atoms with Crippen LogP contribution in [0.15, 0.2) is 24.3 Å². The molecule has 4 aliphatic carbocycles. The van der Waals surface area contributed by atoms with E-state index in [1.165, 1.54) is 32.1 Å². The van der Waals surface area contributed by atoms with E-state index in [1.54, 1.807) is 0 Å². The van der Waals surface area contributed by atoms with Gasteiger partial charge < -0.3 is 19.5 Å². The zero-order valence-electron chi connectivity index (χ0n) is 16.0. The van der Waals surface area contributed by atoms with E-state index in [0.29, 0.717) is 30.7 Å². The van der Waals surface area contributed by atoms with E-state index in [0.717, 1.165) is 17.6 Å². The van der Waals surface area contributed by atoms with Gasteiger partial charge in [-0.2, -0.15) is 0 Å². The number of hydrogen-bond acceptors (Lipinski definition) is 5. The maximum Gasteiger partial charge on any atom is 0.310 e. The number of carbonyl (C=O) groups excluding carboxylic acids is 2. The minimum Gasteiger partial charge on any atom is -0.486 e. The topological polar surface area (TPSA) is 73.9 Å². The van der Waals surface area contributed by atoms with Crippen LogP contribution in [0.3, 0.4) is 0 Å². The van der Waals surface area contributed by atoms with Gasteiger partial charge in [-0.25, -0.2) is 0 Å². The fourth-order valence-electron chi connectivity index (χ4n) is 5.99. The Morgan fingerprint density at radius 2 is 1.68 bits per heavy atom. The first-order chi connectivity index (χ1) is 13.7. The van der Waals surface area contributed by atoms with Gasteiger partial charge in [0.25, 0.3) is 5.91 Å². The molecule has 4 saturated carbocycles. The van der Waals surface area contributed by atoms with Crippen molar-refractivity contribution in [3.05, 3.63) is 24.3 Å². The van der Waals surface area contributed by atoms with E-state index in [1.807, 2.05) is 24.3 Å². The molecule has 0 radical (unpaired) electrons. The molecule has 1 atom stereocenters. The number of benzene rings is 1. The van der Waals surface area contributed by atoms with Crippen molar-refractivity contribution >= 4 is 11.9 Å². The second-order valence-electron chi connectivity index (χ2n) is 8.87. The molecule has 4 fully saturated rings. The van der Waals surface area contributed by atoms with E-state index in [4.69, 9.17) is 14.2 Å². The summed E-state index contributed by atoms with van der Waals surface area (Å²) < 4.78 is 16.9. The number of amides is 1. The van der Waals surface area contributed by atoms with Crippen molar-refractivity contribution in [3.8, 4) is 11.5 Å². The molecule has 28 heavy (non-hydrogen) atoms. The monoisotopic (exact) mass is 385 g/mol. The molecule has 6 nitrogen and oxygen atoms in total. The van der Waals surface area contributed by atoms with Crippen LogP contribution in [0.1, 0.15) is 32.1 Å². The Morgan fingerprint density at radius 1 is 1.00 bits per heavy atom. The lowest BCUT2D eigenvalue weighted by atomic mass is 9.52. The molecule has 1 unspecified atom stereocenters. The van der Waals surface area contributed by atoms with Gasteiger partial charge in [0.05, 0.1) is 12.5 Å². The standard InChI is InChI=1S/C22H27NO5/c24-20(23-10-17-11-26-18-3-1-2-4-19(18)28-17)12-27-22(25)21-15-6-13-5-14(8-15)9-16(21)7-13/h1-4,13-17,21H,5-12H2,(H,23,24). The molecule has 1 N–H and O–H groups in total. The van der Waals surface area contributed by atoms with Gasteiger partial charge in [-0.3, -0.25) is 9.59 Å². The lowest BCUT2D eigenvalue weighted by molar-refractivity contribution is -0.164. The number of esters is 1. The van der Waals surface area contributed by atoms with Crippen molar-refractivity contribution in [2.24, 2.45) is 29.6 Å². The second-order valence-corrected chi connectivity index (χ2v) is 8.87. The molecule has 1 heterocycles. The van der Waals surface area contributed by atoms with Crippen molar-refractivity contribution in [2.45, 2.75) is 38.2 Å². The Morgan fingerprint density at radius 3 is 2.39 bits per heavy atom. The fraction of sp³-hybridized carbons (Fsp3) is 0.636. The third kappa shape index (κ3) is 3.45. The van der Waals surface area contributed by atoms with Crippen molar-refractivity contribution in [1.29, 1.82) is 0 Å². The largest absolute Gasteiger partial charge is 0.486 e. The number of para-hydroxylation sites is 2. The minimum absolute atomic E-state index is 0.00665. The average molecular weight is 385 g/mol. The third-order valence-corrected chi connectivity index (χ3v) is 6.94. The Bertz CT molecular complexity index is 735. The highest BCUT2D eigenvalue weighted by Gasteiger charge is 2.51. The number of fused-ring (bicyclic) bond motifs is 1. The molecular weight excluding hydrogens is 358 g/mol. The van der Waals surface area contributed by atoms with Crippen LogP contribution in [0, 0.1) is 29.6 Å². The Kier molecular flexibility index (Phi) is 4.65. The van der Waals surface area contributed by atoms with Crippen molar-refractivity contribution in [3.63, 3.8) is 0 Å². The van der Waals surface area contributed by atoms with Crippen molar-refractivity contribution in [1.82, 2.24) is 5.32 Å². The maximum atomic E-state index is 12.6. The zero-order chi connectivity index (χ0) is 19.1. The van der Waals surface area contributed by atoms with E-state index in [-0.39, 0.29) is 30.5 Å². The van der Waals surface area contributed by atoms with Crippen LogP contribution < -0.4 is 14.8 Å². The first-order valence-corrected chi connectivity index (χ1v) is 10.5. The molecule has 1 aliphatic heterocycles. The summed E-state index contributed by atoms with van der Waals surface area (Å²) >= 11 is 0. The summed E-state index contributed by atoms with van der Waals surface area (Å²) in [6.45, 7) is 0.486. The number of rotatable bonds is 5. The number of hydrogen-bond donors (Lipinski definition) is 1. The Labute approximate surface area is 164 Å². The molecular formula is C22H27NO5. The summed E-state index contributed by atoms with van der Waals surface area (Å²) in [4.78, 5) is 24.8. The van der Waals surface area contributed by atoms with Crippen LogP contribution >= 0.6 is 0 Å². The molecule has 0 spiro atoms. The first-order valence-electron chi connectivity index (χ1n) is 10.5. The van der Waals surface area contributed by atoms with E-state index >= 15 is 0 Å². The Hall–Kier alpha value is -2.24. The quantitative estimate of drug-likeness (QED) is 0.789. The second kappa shape index (κ2) is 7.30. The van der Waals surface area contributed by atoms with E-state index < -0.39 is 0 Å². The number of carbonyl (C=O) groups is 2. The maximum absolute atomic E-state index is 12.6. The van der Waals surface area contributed by atoms with E-state index in [2.05, 4.69) is 5.32 Å². The van der Waals surface area contributed by atoms with Crippen LogP contribution in [0.25, 0.3) is 0 Å². The van der Waals surface area contributed by atoms with Crippen molar-refractivity contribution in [2.75, 3.05) is 19.8 Å². The van der Waals surface area contributed by atoms with Gasteiger partial charge in [0.2, 0.25) is 0 Å². The van der Waals surface area contributed by atoms with Crippen LogP contribution in [0.4, 0.5) is 0 Å². The molecule has 5 aliphatic rings. The molecule has 0 aromatic heterocycles. The SMILES string of the molecule is O=C(COC(=O)C1C2CC3CC(C2)CC1C3)NCC1COc2ccccc2O1. The predicted molar refractivity (Wildman–Crippen MR) is 101 cm³/mol. The molecule has 4 bridgehead atoms. The summed E-state index contributed by atoms with van der Waals surface area (Å²) in [5.41, 5.74) is 0. The molecule has 1 amide bonds. The van der Waals surface area contributed by atoms with Gasteiger partial charge in [0.1, 0.15) is 12.7 Å². The normalized spacial score (nSPS) is 34.7. The van der Waals surface area contributed by atoms with Crippen LogP contribution in [-0.2, 0) is 14.3 Å². The van der Waals surface area contributed by atoms with Gasteiger partial charge in [-0.15, -0.1) is 0 Å². The molecule has 6 rings (SSSR count). The van der Waals surface area contributed by atoms with Gasteiger partial charge in [-0.1, -0.05) is 12.1 Å². The van der Waals surface area contributed by atoms with Crippen LogP contribution in [-0.4, -0.2) is 37.7 Å². The summed E-state index contributed by atoms with van der Waals surface area (Å²) in [7, 11) is 0. The highest BCUT2D eigenvalue weighted by atomic mass is 16.6. The highest BCUT2D eigenvalue weighted by Crippen LogP contribution is 2.56. The van der Waals surface area contributed by atoms with Crippen LogP contribution in [0.2, 0.25) is 0 Å².